The first-order valence-electron chi connectivity index (χ1n) is 7.38. The van der Waals surface area contributed by atoms with E-state index in [1.54, 1.807) is 12.1 Å². The summed E-state index contributed by atoms with van der Waals surface area (Å²) in [7, 11) is 0. The van der Waals surface area contributed by atoms with Gasteiger partial charge in [-0.3, -0.25) is 0 Å². The van der Waals surface area contributed by atoms with Crippen molar-refractivity contribution in [1.29, 1.82) is 0 Å². The Hall–Kier alpha value is -1.45. The van der Waals surface area contributed by atoms with Crippen molar-refractivity contribution < 1.29 is 5.11 Å². The molecule has 0 radical (unpaired) electrons. The summed E-state index contributed by atoms with van der Waals surface area (Å²) in [4.78, 5) is 1.31. The highest BCUT2D eigenvalue weighted by Crippen LogP contribution is 2.20. The van der Waals surface area contributed by atoms with Crippen molar-refractivity contribution in [1.82, 2.24) is 5.32 Å². The molecule has 0 saturated heterocycles. The molecule has 0 aliphatic heterocycles. The second-order valence-corrected chi connectivity index (χ2v) is 6.34. The van der Waals surface area contributed by atoms with Crippen LogP contribution in [0.3, 0.4) is 0 Å². The lowest BCUT2D eigenvalue weighted by molar-refractivity contribution is 0.474. The van der Waals surface area contributed by atoms with Gasteiger partial charge in [-0.25, -0.2) is 0 Å². The second-order valence-electron chi connectivity index (χ2n) is 5.25. The van der Waals surface area contributed by atoms with Crippen LogP contribution in [0.4, 0.5) is 0 Å². The summed E-state index contributed by atoms with van der Waals surface area (Å²) in [5.74, 6) is 1.37. The van der Waals surface area contributed by atoms with Gasteiger partial charge >= 0.3 is 0 Å². The fraction of sp³-hybridized carbons (Fsp3) is 0.333. The minimum absolute atomic E-state index is 0.327. The SMILES string of the molecule is CCNC(CSc1ccc(C)cc1)Cc1ccc(O)cc1. The highest BCUT2D eigenvalue weighted by molar-refractivity contribution is 7.99. The van der Waals surface area contributed by atoms with E-state index in [0.717, 1.165) is 18.7 Å². The molecule has 0 bridgehead atoms. The third-order valence-corrected chi connectivity index (χ3v) is 4.56. The van der Waals surface area contributed by atoms with E-state index in [1.165, 1.54) is 16.0 Å². The van der Waals surface area contributed by atoms with Crippen LogP contribution in [0.2, 0.25) is 0 Å². The Labute approximate surface area is 131 Å². The first-order chi connectivity index (χ1) is 10.2. The smallest absolute Gasteiger partial charge is 0.115 e. The van der Waals surface area contributed by atoms with Gasteiger partial charge in [0.05, 0.1) is 0 Å². The highest BCUT2D eigenvalue weighted by Gasteiger charge is 2.09. The first kappa shape index (κ1) is 15.9. The van der Waals surface area contributed by atoms with Gasteiger partial charge in [0.15, 0.2) is 0 Å². The van der Waals surface area contributed by atoms with Gasteiger partial charge in [0.1, 0.15) is 5.75 Å². The zero-order valence-electron chi connectivity index (χ0n) is 12.7. The number of hydrogen-bond donors (Lipinski definition) is 2. The molecule has 0 aliphatic carbocycles. The highest BCUT2D eigenvalue weighted by atomic mass is 32.2. The van der Waals surface area contributed by atoms with Crippen molar-refractivity contribution >= 4 is 11.8 Å². The molecule has 2 nitrogen and oxygen atoms in total. The number of aromatic hydroxyl groups is 1. The van der Waals surface area contributed by atoms with Crippen molar-refractivity contribution in [2.24, 2.45) is 0 Å². The lowest BCUT2D eigenvalue weighted by Gasteiger charge is -2.18. The number of likely N-dealkylation sites (N-methyl/N-ethyl adjacent to an activating group) is 1. The molecule has 2 rings (SSSR count). The summed E-state index contributed by atoms with van der Waals surface area (Å²) < 4.78 is 0. The van der Waals surface area contributed by atoms with Crippen molar-refractivity contribution in [3.05, 3.63) is 59.7 Å². The Bertz CT molecular complexity index is 536. The number of phenols is 1. The fourth-order valence-electron chi connectivity index (χ4n) is 2.23. The molecular weight excluding hydrogens is 278 g/mol. The van der Waals surface area contributed by atoms with Gasteiger partial charge in [-0.15, -0.1) is 11.8 Å². The van der Waals surface area contributed by atoms with E-state index in [-0.39, 0.29) is 0 Å². The van der Waals surface area contributed by atoms with E-state index in [4.69, 9.17) is 0 Å². The summed E-state index contributed by atoms with van der Waals surface area (Å²) >= 11 is 1.89. The molecule has 0 aliphatic rings. The van der Waals surface area contributed by atoms with Gasteiger partial charge in [0.2, 0.25) is 0 Å². The Morgan fingerprint density at radius 1 is 1.05 bits per heavy atom. The molecule has 0 spiro atoms. The van der Waals surface area contributed by atoms with Crippen LogP contribution >= 0.6 is 11.8 Å². The molecule has 0 amide bonds. The predicted molar refractivity (Wildman–Crippen MR) is 91.2 cm³/mol. The van der Waals surface area contributed by atoms with Crippen molar-refractivity contribution in [2.45, 2.75) is 31.2 Å². The third-order valence-electron chi connectivity index (χ3n) is 3.38. The van der Waals surface area contributed by atoms with E-state index in [0.29, 0.717) is 11.8 Å². The maximum absolute atomic E-state index is 9.35. The lowest BCUT2D eigenvalue weighted by Crippen LogP contribution is -2.33. The van der Waals surface area contributed by atoms with Crippen LogP contribution in [-0.4, -0.2) is 23.4 Å². The van der Waals surface area contributed by atoms with Gasteiger partial charge in [-0.05, 0) is 49.7 Å². The summed E-state index contributed by atoms with van der Waals surface area (Å²) in [6.07, 6.45) is 0.979. The van der Waals surface area contributed by atoms with Crippen LogP contribution in [0.25, 0.3) is 0 Å². The van der Waals surface area contributed by atoms with Crippen LogP contribution < -0.4 is 5.32 Å². The average molecular weight is 301 g/mol. The zero-order valence-corrected chi connectivity index (χ0v) is 13.5. The second kappa shape index (κ2) is 8.11. The van der Waals surface area contributed by atoms with E-state index in [2.05, 4.69) is 43.4 Å². The number of phenolic OH excluding ortho intramolecular Hbond substituents is 1. The average Bonchev–Trinajstić information content (AvgIpc) is 2.49. The molecule has 21 heavy (non-hydrogen) atoms. The van der Waals surface area contributed by atoms with Crippen molar-refractivity contribution in [2.75, 3.05) is 12.3 Å². The molecule has 0 aromatic heterocycles. The van der Waals surface area contributed by atoms with Crippen molar-refractivity contribution in [3.8, 4) is 5.75 Å². The molecule has 1 atom stereocenters. The Balaban J connectivity index is 1.92. The molecule has 3 heteroatoms. The monoisotopic (exact) mass is 301 g/mol. The summed E-state index contributed by atoms with van der Waals surface area (Å²) in [6.45, 7) is 5.22. The number of benzene rings is 2. The third kappa shape index (κ3) is 5.44. The number of rotatable bonds is 7. The molecule has 1 unspecified atom stereocenters. The molecule has 0 fully saturated rings. The van der Waals surface area contributed by atoms with Gasteiger partial charge in [-0.2, -0.15) is 0 Å². The van der Waals surface area contributed by atoms with Gasteiger partial charge in [0, 0.05) is 16.7 Å². The summed E-state index contributed by atoms with van der Waals surface area (Å²) in [5, 5.41) is 12.9. The van der Waals surface area contributed by atoms with E-state index >= 15 is 0 Å². The van der Waals surface area contributed by atoms with Gasteiger partial charge in [-0.1, -0.05) is 36.8 Å². The molecule has 112 valence electrons. The van der Waals surface area contributed by atoms with Gasteiger partial charge < -0.3 is 10.4 Å². The number of nitrogens with one attached hydrogen (secondary N) is 1. The minimum atomic E-state index is 0.327. The number of aryl methyl sites for hydroxylation is 1. The topological polar surface area (TPSA) is 32.3 Å². The molecule has 0 saturated carbocycles. The first-order valence-corrected chi connectivity index (χ1v) is 8.36. The predicted octanol–water partition coefficient (Wildman–Crippen LogP) is 4.01. The van der Waals surface area contributed by atoms with Gasteiger partial charge in [0.25, 0.3) is 0 Å². The van der Waals surface area contributed by atoms with E-state index < -0.39 is 0 Å². The standard InChI is InChI=1S/C18H23NOS/c1-3-19-16(12-15-6-8-17(20)9-7-15)13-21-18-10-4-14(2)5-11-18/h4-11,16,19-20H,3,12-13H2,1-2H3. The van der Waals surface area contributed by atoms with Crippen molar-refractivity contribution in [3.63, 3.8) is 0 Å². The van der Waals surface area contributed by atoms with Crippen LogP contribution in [-0.2, 0) is 6.42 Å². The quantitative estimate of drug-likeness (QED) is 0.758. The normalized spacial score (nSPS) is 12.3. The molecule has 2 N–H and O–H groups in total. The fourth-order valence-corrected chi connectivity index (χ4v) is 3.18. The lowest BCUT2D eigenvalue weighted by atomic mass is 10.1. The maximum atomic E-state index is 9.35. The molecule has 0 heterocycles. The minimum Gasteiger partial charge on any atom is -0.508 e. The number of thioether (sulfide) groups is 1. The molecule has 2 aromatic rings. The zero-order chi connectivity index (χ0) is 15.1. The maximum Gasteiger partial charge on any atom is 0.115 e. The Kier molecular flexibility index (Phi) is 6.15. The molecular formula is C18H23NOS. The van der Waals surface area contributed by atoms with E-state index in [1.807, 2.05) is 23.9 Å². The van der Waals surface area contributed by atoms with Crippen LogP contribution in [0.5, 0.6) is 5.75 Å². The van der Waals surface area contributed by atoms with Crippen LogP contribution in [0.1, 0.15) is 18.1 Å². The van der Waals surface area contributed by atoms with E-state index in [9.17, 15) is 5.11 Å². The molecule has 2 aromatic carbocycles. The number of hydrogen-bond acceptors (Lipinski definition) is 3. The summed E-state index contributed by atoms with van der Waals surface area (Å²) in [5.41, 5.74) is 2.55. The largest absolute Gasteiger partial charge is 0.508 e. The van der Waals surface area contributed by atoms with Crippen LogP contribution in [0, 0.1) is 6.92 Å². The summed E-state index contributed by atoms with van der Waals surface area (Å²) in [6, 6.07) is 16.6. The Morgan fingerprint density at radius 3 is 2.33 bits per heavy atom. The van der Waals surface area contributed by atoms with Crippen LogP contribution in [0.15, 0.2) is 53.4 Å². The Morgan fingerprint density at radius 2 is 1.71 bits per heavy atom.